The van der Waals surface area contributed by atoms with E-state index in [9.17, 15) is 12.8 Å². The highest BCUT2D eigenvalue weighted by Crippen LogP contribution is 2.34. The highest BCUT2D eigenvalue weighted by atomic mass is 32.2. The second kappa shape index (κ2) is 5.54. The Labute approximate surface area is 113 Å². The molecule has 3 atom stereocenters. The highest BCUT2D eigenvalue weighted by Gasteiger charge is 2.35. The smallest absolute Gasteiger partial charge is 0.241 e. The highest BCUT2D eigenvalue weighted by molar-refractivity contribution is 7.89. The van der Waals surface area contributed by atoms with Crippen molar-refractivity contribution in [1.29, 1.82) is 0 Å². The minimum absolute atomic E-state index is 0.128. The lowest BCUT2D eigenvalue weighted by Gasteiger charge is -2.20. The third-order valence-corrected chi connectivity index (χ3v) is 5.46. The topological polar surface area (TPSA) is 59.1 Å². The van der Waals surface area contributed by atoms with Crippen molar-refractivity contribution in [2.75, 3.05) is 0 Å². The molecule has 0 aliphatic heterocycles. The Kier molecular flexibility index (Phi) is 4.20. The molecule has 1 aromatic rings. The van der Waals surface area contributed by atoms with Crippen molar-refractivity contribution in [3.63, 3.8) is 0 Å². The van der Waals surface area contributed by atoms with E-state index in [1.54, 1.807) is 0 Å². The van der Waals surface area contributed by atoms with Crippen LogP contribution in [0.3, 0.4) is 0 Å². The Morgan fingerprint density at radius 1 is 1.47 bits per heavy atom. The van der Waals surface area contributed by atoms with Gasteiger partial charge in [-0.1, -0.05) is 20.3 Å². The molecular formula is C13H19FN2O2S. The van der Waals surface area contributed by atoms with E-state index in [2.05, 4.69) is 16.6 Å². The zero-order chi connectivity index (χ0) is 14.0. The van der Waals surface area contributed by atoms with Crippen LogP contribution in [0.2, 0.25) is 0 Å². The first-order chi connectivity index (χ1) is 8.95. The van der Waals surface area contributed by atoms with Gasteiger partial charge >= 0.3 is 0 Å². The average Bonchev–Trinajstić information content (AvgIpc) is 2.70. The van der Waals surface area contributed by atoms with Crippen molar-refractivity contribution >= 4 is 10.0 Å². The number of hydrogen-bond donors (Lipinski definition) is 1. The van der Waals surface area contributed by atoms with Crippen LogP contribution < -0.4 is 4.72 Å². The predicted octanol–water partition coefficient (Wildman–Crippen LogP) is 2.32. The van der Waals surface area contributed by atoms with Gasteiger partial charge in [0.05, 0.1) is 0 Å². The second-order valence-electron chi connectivity index (χ2n) is 5.12. The summed E-state index contributed by atoms with van der Waals surface area (Å²) in [6.07, 6.45) is 4.13. The summed E-state index contributed by atoms with van der Waals surface area (Å²) in [6, 6.07) is 2.35. The summed E-state index contributed by atoms with van der Waals surface area (Å²) in [5.74, 6) is -0.0134. The van der Waals surface area contributed by atoms with Crippen LogP contribution in [-0.4, -0.2) is 19.4 Å². The maximum absolute atomic E-state index is 13.5. The molecule has 1 aliphatic carbocycles. The largest absolute Gasteiger partial charge is 0.261 e. The number of hydrogen-bond acceptors (Lipinski definition) is 3. The molecule has 0 amide bonds. The van der Waals surface area contributed by atoms with Gasteiger partial charge in [0.2, 0.25) is 5.03 Å². The number of pyridine rings is 1. The van der Waals surface area contributed by atoms with E-state index in [0.29, 0.717) is 5.92 Å². The fourth-order valence-electron chi connectivity index (χ4n) is 2.81. The van der Waals surface area contributed by atoms with Crippen LogP contribution in [-0.2, 0) is 10.0 Å². The molecule has 0 radical (unpaired) electrons. The molecule has 1 fully saturated rings. The van der Waals surface area contributed by atoms with Gasteiger partial charge in [-0.3, -0.25) is 0 Å². The van der Waals surface area contributed by atoms with Gasteiger partial charge in [-0.05, 0) is 36.8 Å². The van der Waals surface area contributed by atoms with Crippen molar-refractivity contribution in [2.45, 2.75) is 44.2 Å². The molecule has 0 bridgehead atoms. The number of nitrogens with zero attached hydrogens (tertiary/aromatic N) is 1. The first kappa shape index (κ1) is 14.4. The summed E-state index contributed by atoms with van der Waals surface area (Å²) in [5.41, 5.74) is 0. The van der Waals surface area contributed by atoms with Gasteiger partial charge in [0.1, 0.15) is 0 Å². The maximum Gasteiger partial charge on any atom is 0.261 e. The Morgan fingerprint density at radius 2 is 2.21 bits per heavy atom. The molecule has 6 heteroatoms. The number of rotatable bonds is 4. The first-order valence-electron chi connectivity index (χ1n) is 6.58. The van der Waals surface area contributed by atoms with Crippen LogP contribution in [0, 0.1) is 17.7 Å². The number of aromatic nitrogens is 1. The summed E-state index contributed by atoms with van der Waals surface area (Å²) in [6.45, 7) is 4.15. The standard InChI is InChI=1S/C13H19FN2O2S/c1-3-10-6-7-12(9(10)2)16-19(17,18)13-11(14)5-4-8-15-13/h4-5,8-10,12,16H,3,6-7H2,1-2H3. The van der Waals surface area contributed by atoms with Crippen molar-refractivity contribution in [2.24, 2.45) is 11.8 Å². The molecule has 2 rings (SSSR count). The fraction of sp³-hybridized carbons (Fsp3) is 0.615. The van der Waals surface area contributed by atoms with Crippen molar-refractivity contribution in [3.8, 4) is 0 Å². The van der Waals surface area contributed by atoms with Crippen molar-refractivity contribution < 1.29 is 12.8 Å². The van der Waals surface area contributed by atoms with Gasteiger partial charge in [-0.25, -0.2) is 22.5 Å². The SMILES string of the molecule is CCC1CCC(NS(=O)(=O)c2ncccc2F)C1C. The third kappa shape index (κ3) is 2.95. The zero-order valence-electron chi connectivity index (χ0n) is 11.1. The van der Waals surface area contributed by atoms with Gasteiger partial charge in [0.15, 0.2) is 5.82 Å². The molecule has 1 aromatic heterocycles. The molecule has 1 N–H and O–H groups in total. The molecule has 19 heavy (non-hydrogen) atoms. The average molecular weight is 286 g/mol. The molecular weight excluding hydrogens is 267 g/mol. The second-order valence-corrected chi connectivity index (χ2v) is 6.75. The lowest BCUT2D eigenvalue weighted by atomic mass is 9.94. The van der Waals surface area contributed by atoms with Crippen LogP contribution >= 0.6 is 0 Å². The molecule has 0 aromatic carbocycles. The van der Waals surface area contributed by atoms with E-state index in [0.717, 1.165) is 25.3 Å². The quantitative estimate of drug-likeness (QED) is 0.924. The Bertz CT molecular complexity index is 547. The van der Waals surface area contributed by atoms with Crippen LogP contribution in [0.25, 0.3) is 0 Å². The summed E-state index contributed by atoms with van der Waals surface area (Å²) in [4.78, 5) is 3.63. The molecule has 1 aliphatic rings. The van der Waals surface area contributed by atoms with Gasteiger partial charge in [0.25, 0.3) is 10.0 Å². The minimum atomic E-state index is -3.88. The van der Waals surface area contributed by atoms with E-state index >= 15 is 0 Å². The zero-order valence-corrected chi connectivity index (χ0v) is 12.0. The molecule has 3 unspecified atom stereocenters. The van der Waals surface area contributed by atoms with E-state index in [4.69, 9.17) is 0 Å². The molecule has 0 spiro atoms. The van der Waals surface area contributed by atoms with Crippen LogP contribution in [0.5, 0.6) is 0 Å². The molecule has 0 saturated heterocycles. The van der Waals surface area contributed by atoms with Gasteiger partial charge in [-0.2, -0.15) is 0 Å². The summed E-state index contributed by atoms with van der Waals surface area (Å²) in [7, 11) is -3.88. The van der Waals surface area contributed by atoms with Crippen LogP contribution in [0.4, 0.5) is 4.39 Å². The summed E-state index contributed by atoms with van der Waals surface area (Å²) >= 11 is 0. The lowest BCUT2D eigenvalue weighted by Crippen LogP contribution is -2.38. The molecule has 106 valence electrons. The number of halogens is 1. The Hall–Kier alpha value is -1.01. The molecule has 1 heterocycles. The van der Waals surface area contributed by atoms with Gasteiger partial charge in [0, 0.05) is 12.2 Å². The lowest BCUT2D eigenvalue weighted by molar-refractivity contribution is 0.368. The maximum atomic E-state index is 13.5. The Balaban J connectivity index is 2.17. The van der Waals surface area contributed by atoms with Crippen LogP contribution in [0.15, 0.2) is 23.4 Å². The normalized spacial score (nSPS) is 27.6. The van der Waals surface area contributed by atoms with Gasteiger partial charge < -0.3 is 0 Å². The summed E-state index contributed by atoms with van der Waals surface area (Å²) < 4.78 is 40.4. The van der Waals surface area contributed by atoms with Gasteiger partial charge in [-0.15, -0.1) is 0 Å². The number of nitrogens with one attached hydrogen (secondary N) is 1. The van der Waals surface area contributed by atoms with E-state index < -0.39 is 20.9 Å². The van der Waals surface area contributed by atoms with Crippen molar-refractivity contribution in [3.05, 3.63) is 24.1 Å². The van der Waals surface area contributed by atoms with E-state index in [1.807, 2.05) is 6.92 Å². The Morgan fingerprint density at radius 3 is 2.79 bits per heavy atom. The molecule has 1 saturated carbocycles. The van der Waals surface area contributed by atoms with Crippen LogP contribution in [0.1, 0.15) is 33.1 Å². The molecule has 4 nitrogen and oxygen atoms in total. The minimum Gasteiger partial charge on any atom is -0.241 e. The van der Waals surface area contributed by atoms with Crippen molar-refractivity contribution in [1.82, 2.24) is 9.71 Å². The predicted molar refractivity (Wildman–Crippen MR) is 70.5 cm³/mol. The third-order valence-electron chi connectivity index (χ3n) is 4.04. The number of sulfonamides is 1. The monoisotopic (exact) mass is 286 g/mol. The summed E-state index contributed by atoms with van der Waals surface area (Å²) in [5, 5.41) is -0.512. The first-order valence-corrected chi connectivity index (χ1v) is 8.07. The fourth-order valence-corrected chi connectivity index (χ4v) is 4.18. The van der Waals surface area contributed by atoms with E-state index in [-0.39, 0.29) is 12.0 Å². The van der Waals surface area contributed by atoms with E-state index in [1.165, 1.54) is 12.3 Å².